The summed E-state index contributed by atoms with van der Waals surface area (Å²) in [7, 11) is 0. The Kier molecular flexibility index (Phi) is 4.40. The summed E-state index contributed by atoms with van der Waals surface area (Å²) in [6.07, 6.45) is 1.08. The molecular formula is C14H22N2OS. The summed E-state index contributed by atoms with van der Waals surface area (Å²) >= 11 is 1.84. The number of carbonyl (C=O) groups excluding carboxylic acids is 1. The van der Waals surface area contributed by atoms with Gasteiger partial charge in [0, 0.05) is 24.0 Å². The molecule has 0 aliphatic carbocycles. The summed E-state index contributed by atoms with van der Waals surface area (Å²) in [5.41, 5.74) is 1.41. The van der Waals surface area contributed by atoms with Crippen LogP contribution in [0.25, 0.3) is 0 Å². The molecule has 1 aliphatic rings. The van der Waals surface area contributed by atoms with Gasteiger partial charge >= 0.3 is 0 Å². The number of hydrogen-bond acceptors (Lipinski definition) is 3. The predicted molar refractivity (Wildman–Crippen MR) is 75.9 cm³/mol. The fourth-order valence-electron chi connectivity index (χ4n) is 2.34. The number of amides is 1. The first-order valence-electron chi connectivity index (χ1n) is 6.65. The minimum Gasteiger partial charge on any atom is -0.355 e. The van der Waals surface area contributed by atoms with Crippen molar-refractivity contribution >= 4 is 17.2 Å². The van der Waals surface area contributed by atoms with Crippen molar-refractivity contribution in [2.75, 3.05) is 19.6 Å². The van der Waals surface area contributed by atoms with E-state index in [2.05, 4.69) is 42.4 Å². The molecule has 18 heavy (non-hydrogen) atoms. The lowest BCUT2D eigenvalue weighted by atomic mass is 10.0. The molecule has 1 aromatic rings. The van der Waals surface area contributed by atoms with Gasteiger partial charge < -0.3 is 5.32 Å². The van der Waals surface area contributed by atoms with E-state index in [0.29, 0.717) is 18.5 Å². The van der Waals surface area contributed by atoms with E-state index in [4.69, 9.17) is 0 Å². The van der Waals surface area contributed by atoms with E-state index in [1.807, 2.05) is 11.3 Å². The molecule has 0 spiro atoms. The first-order valence-corrected chi connectivity index (χ1v) is 7.53. The van der Waals surface area contributed by atoms with Gasteiger partial charge in [-0.25, -0.2) is 0 Å². The van der Waals surface area contributed by atoms with Gasteiger partial charge in [-0.05, 0) is 36.3 Å². The van der Waals surface area contributed by atoms with E-state index < -0.39 is 0 Å². The lowest BCUT2D eigenvalue weighted by molar-refractivity contribution is -0.123. The van der Waals surface area contributed by atoms with Crippen LogP contribution in [0.5, 0.6) is 0 Å². The van der Waals surface area contributed by atoms with Crippen LogP contribution in [0.2, 0.25) is 0 Å². The van der Waals surface area contributed by atoms with Gasteiger partial charge in [0.15, 0.2) is 0 Å². The molecular weight excluding hydrogens is 244 g/mol. The van der Waals surface area contributed by atoms with Crippen molar-refractivity contribution in [2.45, 2.75) is 33.2 Å². The fourth-order valence-corrected chi connectivity index (χ4v) is 3.30. The highest BCUT2D eigenvalue weighted by Crippen LogP contribution is 2.32. The molecule has 4 heteroatoms. The first kappa shape index (κ1) is 13.6. The van der Waals surface area contributed by atoms with Gasteiger partial charge in [0.05, 0.1) is 6.54 Å². The molecule has 0 fully saturated rings. The van der Waals surface area contributed by atoms with Crippen LogP contribution in [0, 0.1) is 5.92 Å². The quantitative estimate of drug-likeness (QED) is 0.908. The van der Waals surface area contributed by atoms with E-state index in [1.54, 1.807) is 0 Å². The Bertz CT molecular complexity index is 414. The maximum atomic E-state index is 11.9. The molecule has 0 radical (unpaired) electrons. The zero-order valence-electron chi connectivity index (χ0n) is 11.4. The Morgan fingerprint density at radius 2 is 2.39 bits per heavy atom. The Labute approximate surface area is 113 Å². The third kappa shape index (κ3) is 3.12. The zero-order chi connectivity index (χ0) is 13.1. The molecule has 1 aliphatic heterocycles. The van der Waals surface area contributed by atoms with Crippen LogP contribution in [-0.2, 0) is 11.2 Å². The fraction of sp³-hybridized carbons (Fsp3) is 0.643. The number of carbonyl (C=O) groups is 1. The van der Waals surface area contributed by atoms with Gasteiger partial charge in [-0.1, -0.05) is 13.8 Å². The lowest BCUT2D eigenvalue weighted by Crippen LogP contribution is -2.42. The average molecular weight is 266 g/mol. The lowest BCUT2D eigenvalue weighted by Gasteiger charge is -2.33. The van der Waals surface area contributed by atoms with Crippen molar-refractivity contribution < 1.29 is 4.79 Å². The standard InChI is InChI=1S/C14H22N2OS/c1-10(2)8-15-14(17)9-16-6-4-13-12(11(16)3)5-7-18-13/h5,7,10-11H,4,6,8-9H2,1-3H3,(H,15,17). The third-order valence-electron chi connectivity index (χ3n) is 3.46. The number of nitrogens with zero attached hydrogens (tertiary/aromatic N) is 1. The largest absolute Gasteiger partial charge is 0.355 e. The Balaban J connectivity index is 1.90. The van der Waals surface area contributed by atoms with Gasteiger partial charge in [0.2, 0.25) is 5.91 Å². The zero-order valence-corrected chi connectivity index (χ0v) is 12.2. The van der Waals surface area contributed by atoms with E-state index in [1.165, 1.54) is 10.4 Å². The van der Waals surface area contributed by atoms with Crippen LogP contribution in [-0.4, -0.2) is 30.4 Å². The van der Waals surface area contributed by atoms with Crippen molar-refractivity contribution in [1.29, 1.82) is 0 Å². The predicted octanol–water partition coefficient (Wildman–Crippen LogP) is 2.44. The van der Waals surface area contributed by atoms with E-state index in [9.17, 15) is 4.79 Å². The van der Waals surface area contributed by atoms with Gasteiger partial charge in [0.25, 0.3) is 0 Å². The van der Waals surface area contributed by atoms with Crippen molar-refractivity contribution in [3.63, 3.8) is 0 Å². The molecule has 1 amide bonds. The van der Waals surface area contributed by atoms with Crippen LogP contribution < -0.4 is 5.32 Å². The monoisotopic (exact) mass is 266 g/mol. The number of thiophene rings is 1. The summed E-state index contributed by atoms with van der Waals surface area (Å²) in [4.78, 5) is 15.6. The van der Waals surface area contributed by atoms with E-state index >= 15 is 0 Å². The van der Waals surface area contributed by atoms with E-state index in [0.717, 1.165) is 19.5 Å². The highest BCUT2D eigenvalue weighted by atomic mass is 32.1. The summed E-state index contributed by atoms with van der Waals surface area (Å²) < 4.78 is 0. The molecule has 0 saturated carbocycles. The van der Waals surface area contributed by atoms with Crippen molar-refractivity contribution in [1.82, 2.24) is 10.2 Å². The smallest absolute Gasteiger partial charge is 0.234 e. The molecule has 0 saturated heterocycles. The number of hydrogen-bond donors (Lipinski definition) is 1. The first-order chi connectivity index (χ1) is 8.58. The Morgan fingerprint density at radius 1 is 1.61 bits per heavy atom. The Morgan fingerprint density at radius 3 is 3.11 bits per heavy atom. The van der Waals surface area contributed by atoms with Crippen molar-refractivity contribution in [3.05, 3.63) is 21.9 Å². The maximum absolute atomic E-state index is 11.9. The minimum atomic E-state index is 0.147. The molecule has 3 nitrogen and oxygen atoms in total. The molecule has 1 unspecified atom stereocenters. The summed E-state index contributed by atoms with van der Waals surface area (Å²) in [5.74, 6) is 0.658. The second-order valence-corrected chi connectivity index (χ2v) is 6.39. The Hall–Kier alpha value is -0.870. The summed E-state index contributed by atoms with van der Waals surface area (Å²) in [5, 5.41) is 5.15. The molecule has 1 N–H and O–H groups in total. The summed E-state index contributed by atoms with van der Waals surface area (Å²) in [6.45, 7) is 8.70. The van der Waals surface area contributed by atoms with Crippen molar-refractivity contribution in [2.24, 2.45) is 5.92 Å². The van der Waals surface area contributed by atoms with E-state index in [-0.39, 0.29) is 5.91 Å². The second-order valence-electron chi connectivity index (χ2n) is 5.39. The number of nitrogens with one attached hydrogen (secondary N) is 1. The van der Waals surface area contributed by atoms with Crippen LogP contribution in [0.1, 0.15) is 37.3 Å². The topological polar surface area (TPSA) is 32.3 Å². The third-order valence-corrected chi connectivity index (χ3v) is 4.45. The van der Waals surface area contributed by atoms with Crippen LogP contribution in [0.3, 0.4) is 0 Å². The molecule has 0 aromatic carbocycles. The van der Waals surface area contributed by atoms with Crippen LogP contribution >= 0.6 is 11.3 Å². The van der Waals surface area contributed by atoms with Crippen LogP contribution in [0.4, 0.5) is 0 Å². The van der Waals surface area contributed by atoms with Crippen molar-refractivity contribution in [3.8, 4) is 0 Å². The second kappa shape index (κ2) is 5.85. The molecule has 2 rings (SSSR count). The molecule has 0 bridgehead atoms. The number of fused-ring (bicyclic) bond motifs is 1. The SMILES string of the molecule is CC(C)CNC(=O)CN1CCc2sccc2C1C. The highest BCUT2D eigenvalue weighted by molar-refractivity contribution is 7.10. The molecule has 1 aromatic heterocycles. The highest BCUT2D eigenvalue weighted by Gasteiger charge is 2.25. The van der Waals surface area contributed by atoms with Gasteiger partial charge in [-0.2, -0.15) is 0 Å². The normalized spacial score (nSPS) is 19.9. The minimum absolute atomic E-state index is 0.147. The average Bonchev–Trinajstić information content (AvgIpc) is 2.79. The van der Waals surface area contributed by atoms with Gasteiger partial charge in [0.1, 0.15) is 0 Å². The maximum Gasteiger partial charge on any atom is 0.234 e. The van der Waals surface area contributed by atoms with Crippen LogP contribution in [0.15, 0.2) is 11.4 Å². The molecule has 1 atom stereocenters. The molecule has 100 valence electrons. The van der Waals surface area contributed by atoms with Gasteiger partial charge in [-0.15, -0.1) is 11.3 Å². The molecule has 2 heterocycles. The number of rotatable bonds is 4. The van der Waals surface area contributed by atoms with Gasteiger partial charge in [-0.3, -0.25) is 9.69 Å². The summed E-state index contributed by atoms with van der Waals surface area (Å²) in [6, 6.07) is 2.56.